The van der Waals surface area contributed by atoms with Crippen LogP contribution in [0.4, 0.5) is 0 Å². The molecule has 2 atom stereocenters. The maximum absolute atomic E-state index is 6.98. The summed E-state index contributed by atoms with van der Waals surface area (Å²) in [6.45, 7) is 2.75. The van der Waals surface area contributed by atoms with Gasteiger partial charge >= 0.3 is 0 Å². The Bertz CT molecular complexity index is 869. The SMILES string of the molecule is Cc1ccccc1COC1CCCCC1(N)n1ccc2ccccc21. The van der Waals surface area contributed by atoms with Crippen LogP contribution < -0.4 is 5.73 Å². The summed E-state index contributed by atoms with van der Waals surface area (Å²) in [4.78, 5) is 0. The Morgan fingerprint density at radius 3 is 2.76 bits per heavy atom. The molecule has 0 aliphatic heterocycles. The maximum atomic E-state index is 6.98. The molecule has 0 amide bonds. The van der Waals surface area contributed by atoms with Gasteiger partial charge in [0.25, 0.3) is 0 Å². The highest BCUT2D eigenvalue weighted by atomic mass is 16.5. The third-order valence-electron chi connectivity index (χ3n) is 5.60. The predicted octanol–water partition coefficient (Wildman–Crippen LogP) is 4.72. The van der Waals surface area contributed by atoms with E-state index in [0.29, 0.717) is 6.61 Å². The lowest BCUT2D eigenvalue weighted by molar-refractivity contribution is -0.0643. The summed E-state index contributed by atoms with van der Waals surface area (Å²) in [5.41, 5.74) is 10.2. The standard InChI is InChI=1S/C22H26N2O/c1-17-8-2-3-10-19(17)16-25-21-12-6-7-14-22(21,23)24-15-13-18-9-4-5-11-20(18)24/h2-5,8-11,13,15,21H,6-7,12,14,16,23H2,1H3. The Morgan fingerprint density at radius 1 is 1.08 bits per heavy atom. The zero-order chi connectivity index (χ0) is 17.3. The lowest BCUT2D eigenvalue weighted by Crippen LogP contribution is -2.55. The number of nitrogens with two attached hydrogens (primary N) is 1. The topological polar surface area (TPSA) is 40.2 Å². The van der Waals surface area contributed by atoms with E-state index >= 15 is 0 Å². The summed E-state index contributed by atoms with van der Waals surface area (Å²) >= 11 is 0. The van der Waals surface area contributed by atoms with Crippen molar-refractivity contribution in [2.75, 3.05) is 0 Å². The first-order valence-electron chi connectivity index (χ1n) is 9.20. The first-order chi connectivity index (χ1) is 12.2. The van der Waals surface area contributed by atoms with Crippen molar-refractivity contribution in [1.29, 1.82) is 0 Å². The van der Waals surface area contributed by atoms with E-state index in [1.165, 1.54) is 28.5 Å². The lowest BCUT2D eigenvalue weighted by Gasteiger charge is -2.42. The second kappa shape index (κ2) is 6.66. The number of aromatic nitrogens is 1. The van der Waals surface area contributed by atoms with Crippen molar-refractivity contribution in [3.8, 4) is 0 Å². The van der Waals surface area contributed by atoms with E-state index in [4.69, 9.17) is 10.5 Å². The smallest absolute Gasteiger partial charge is 0.119 e. The van der Waals surface area contributed by atoms with Gasteiger partial charge < -0.3 is 15.0 Å². The van der Waals surface area contributed by atoms with Crippen LogP contribution in [0.25, 0.3) is 10.9 Å². The number of hydrogen-bond donors (Lipinski definition) is 1. The average molecular weight is 334 g/mol. The fourth-order valence-corrected chi connectivity index (χ4v) is 4.06. The van der Waals surface area contributed by atoms with E-state index in [9.17, 15) is 0 Å². The van der Waals surface area contributed by atoms with Crippen LogP contribution in [-0.2, 0) is 17.0 Å². The zero-order valence-corrected chi connectivity index (χ0v) is 14.8. The molecule has 3 aromatic rings. The molecule has 1 aliphatic rings. The van der Waals surface area contributed by atoms with Gasteiger partial charge in [0, 0.05) is 11.7 Å². The number of aryl methyl sites for hydroxylation is 1. The number of rotatable bonds is 4. The van der Waals surface area contributed by atoms with Crippen LogP contribution in [0.3, 0.4) is 0 Å². The second-order valence-electron chi connectivity index (χ2n) is 7.21. The summed E-state index contributed by atoms with van der Waals surface area (Å²) in [7, 11) is 0. The average Bonchev–Trinajstić information content (AvgIpc) is 3.07. The third kappa shape index (κ3) is 2.99. The van der Waals surface area contributed by atoms with Gasteiger partial charge in [-0.3, -0.25) is 0 Å². The molecule has 1 aliphatic carbocycles. The van der Waals surface area contributed by atoms with Crippen LogP contribution in [0, 0.1) is 6.92 Å². The number of fused-ring (bicyclic) bond motifs is 1. The van der Waals surface area contributed by atoms with Crippen LogP contribution in [0.1, 0.15) is 36.8 Å². The highest BCUT2D eigenvalue weighted by Crippen LogP contribution is 2.36. The number of benzene rings is 2. The molecule has 1 saturated carbocycles. The fourth-order valence-electron chi connectivity index (χ4n) is 4.06. The Kier molecular flexibility index (Phi) is 4.36. The number of hydrogen-bond acceptors (Lipinski definition) is 2. The molecule has 0 radical (unpaired) electrons. The van der Waals surface area contributed by atoms with Gasteiger partial charge in [0.2, 0.25) is 0 Å². The third-order valence-corrected chi connectivity index (χ3v) is 5.60. The Hall–Kier alpha value is -2.10. The maximum Gasteiger partial charge on any atom is 0.119 e. The van der Waals surface area contributed by atoms with Crippen LogP contribution in [0.5, 0.6) is 0 Å². The van der Waals surface area contributed by atoms with Crippen LogP contribution in [0.2, 0.25) is 0 Å². The van der Waals surface area contributed by atoms with Gasteiger partial charge in [0.15, 0.2) is 0 Å². The van der Waals surface area contributed by atoms with Crippen molar-refractivity contribution < 1.29 is 4.74 Å². The lowest BCUT2D eigenvalue weighted by atomic mass is 9.86. The Labute approximate surface area is 149 Å². The molecule has 0 spiro atoms. The molecule has 3 heteroatoms. The largest absolute Gasteiger partial charge is 0.370 e. The van der Waals surface area contributed by atoms with Gasteiger partial charge in [-0.25, -0.2) is 0 Å². The highest BCUT2D eigenvalue weighted by Gasteiger charge is 2.40. The molecule has 2 aromatic carbocycles. The summed E-state index contributed by atoms with van der Waals surface area (Å²) in [6, 6.07) is 19.0. The molecule has 0 bridgehead atoms. The van der Waals surface area contributed by atoms with Crippen LogP contribution >= 0.6 is 0 Å². The molecule has 3 nitrogen and oxygen atoms in total. The molecular weight excluding hydrogens is 308 g/mol. The van der Waals surface area contributed by atoms with E-state index < -0.39 is 5.66 Å². The molecule has 2 N–H and O–H groups in total. The Balaban J connectivity index is 1.63. The van der Waals surface area contributed by atoms with Crippen molar-refractivity contribution in [3.63, 3.8) is 0 Å². The molecule has 0 saturated heterocycles. The summed E-state index contributed by atoms with van der Waals surface area (Å²) in [5.74, 6) is 0. The first-order valence-corrected chi connectivity index (χ1v) is 9.20. The van der Waals surface area contributed by atoms with Gasteiger partial charge in [-0.05, 0) is 54.8 Å². The van der Waals surface area contributed by atoms with E-state index in [-0.39, 0.29) is 6.10 Å². The van der Waals surface area contributed by atoms with Gasteiger partial charge in [0.05, 0.1) is 12.7 Å². The van der Waals surface area contributed by atoms with Gasteiger partial charge in [-0.1, -0.05) is 48.9 Å². The number of para-hydroxylation sites is 1. The van der Waals surface area contributed by atoms with Gasteiger partial charge in [-0.15, -0.1) is 0 Å². The minimum absolute atomic E-state index is 0.0247. The van der Waals surface area contributed by atoms with Gasteiger partial charge in [0.1, 0.15) is 5.66 Å². The van der Waals surface area contributed by atoms with Crippen molar-refractivity contribution in [2.24, 2.45) is 5.73 Å². The van der Waals surface area contributed by atoms with Crippen molar-refractivity contribution >= 4 is 10.9 Å². The molecule has 1 heterocycles. The van der Waals surface area contributed by atoms with E-state index in [1.54, 1.807) is 0 Å². The van der Waals surface area contributed by atoms with Crippen LogP contribution in [-0.4, -0.2) is 10.7 Å². The second-order valence-corrected chi connectivity index (χ2v) is 7.21. The minimum Gasteiger partial charge on any atom is -0.370 e. The molecule has 2 unspecified atom stereocenters. The first kappa shape index (κ1) is 16.4. The molecule has 1 aromatic heterocycles. The monoisotopic (exact) mass is 334 g/mol. The van der Waals surface area contributed by atoms with E-state index in [2.05, 4.69) is 72.3 Å². The Morgan fingerprint density at radius 2 is 1.88 bits per heavy atom. The van der Waals surface area contributed by atoms with E-state index in [1.807, 2.05) is 0 Å². The normalized spacial score (nSPS) is 23.8. The quantitative estimate of drug-likeness (QED) is 0.750. The molecule has 1 fully saturated rings. The molecule has 130 valence electrons. The fraction of sp³-hybridized carbons (Fsp3) is 0.364. The van der Waals surface area contributed by atoms with Crippen molar-refractivity contribution in [2.45, 2.75) is 51.0 Å². The summed E-state index contributed by atoms with van der Waals surface area (Å²) < 4.78 is 8.63. The molecule has 25 heavy (non-hydrogen) atoms. The summed E-state index contributed by atoms with van der Waals surface area (Å²) in [5, 5.41) is 1.23. The predicted molar refractivity (Wildman–Crippen MR) is 102 cm³/mol. The highest BCUT2D eigenvalue weighted by molar-refractivity contribution is 5.80. The minimum atomic E-state index is -0.482. The zero-order valence-electron chi connectivity index (χ0n) is 14.8. The molecule has 4 rings (SSSR count). The number of ether oxygens (including phenoxy) is 1. The summed E-state index contributed by atoms with van der Waals surface area (Å²) in [6.07, 6.45) is 6.43. The van der Waals surface area contributed by atoms with Gasteiger partial charge in [-0.2, -0.15) is 0 Å². The number of nitrogens with zero attached hydrogens (tertiary/aromatic N) is 1. The van der Waals surface area contributed by atoms with Crippen molar-refractivity contribution in [3.05, 3.63) is 71.9 Å². The van der Waals surface area contributed by atoms with Crippen LogP contribution in [0.15, 0.2) is 60.8 Å². The molecular formula is C22H26N2O. The van der Waals surface area contributed by atoms with E-state index in [0.717, 1.165) is 19.3 Å². The van der Waals surface area contributed by atoms with Crippen molar-refractivity contribution in [1.82, 2.24) is 4.57 Å².